The lowest BCUT2D eigenvalue weighted by atomic mass is 10.2. The zero-order valence-electron chi connectivity index (χ0n) is 10.5. The largest absolute Gasteiger partial charge is 0.463 e. The highest BCUT2D eigenvalue weighted by molar-refractivity contribution is 6.77. The Balaban J connectivity index is 2.37. The van der Waals surface area contributed by atoms with Crippen molar-refractivity contribution >= 4 is 57.8 Å². The van der Waals surface area contributed by atoms with Crippen molar-refractivity contribution in [1.29, 1.82) is 0 Å². The number of furan rings is 1. The lowest BCUT2D eigenvalue weighted by molar-refractivity contribution is -0.113. The van der Waals surface area contributed by atoms with Crippen molar-refractivity contribution in [1.82, 2.24) is 4.98 Å². The van der Waals surface area contributed by atoms with E-state index >= 15 is 0 Å². The van der Waals surface area contributed by atoms with Crippen LogP contribution in [-0.2, 0) is 4.79 Å². The first kappa shape index (κ1) is 15.7. The fraction of sp³-hybridized carbons (Fsp3) is 0.0769. The van der Waals surface area contributed by atoms with E-state index < -0.39 is 9.58 Å². The van der Waals surface area contributed by atoms with E-state index in [4.69, 9.17) is 45.0 Å². The van der Waals surface area contributed by atoms with Gasteiger partial charge >= 0.3 is 0 Å². The van der Waals surface area contributed by atoms with Crippen LogP contribution in [-0.4, -0.2) is 14.6 Å². The number of nitrogen functional groups attached to an aromatic ring is 1. The Morgan fingerprint density at radius 3 is 2.67 bits per heavy atom. The predicted molar refractivity (Wildman–Crippen MR) is 84.3 cm³/mol. The molecule has 21 heavy (non-hydrogen) atoms. The van der Waals surface area contributed by atoms with Crippen LogP contribution in [0.25, 0.3) is 5.70 Å². The molecule has 0 saturated heterocycles. The van der Waals surface area contributed by atoms with Crippen molar-refractivity contribution in [3.63, 3.8) is 0 Å². The van der Waals surface area contributed by atoms with Crippen molar-refractivity contribution in [3.8, 4) is 0 Å². The molecule has 0 bridgehead atoms. The molecule has 0 radical (unpaired) electrons. The summed E-state index contributed by atoms with van der Waals surface area (Å²) >= 11 is 16.7. The van der Waals surface area contributed by atoms with Gasteiger partial charge in [0.25, 0.3) is 3.79 Å². The first-order valence-corrected chi connectivity index (χ1v) is 6.85. The van der Waals surface area contributed by atoms with Crippen molar-refractivity contribution < 1.29 is 9.21 Å². The number of aromatic nitrogens is 1. The molecule has 2 aromatic rings. The summed E-state index contributed by atoms with van der Waals surface area (Å²) in [5, 5.41) is 2.94. The van der Waals surface area contributed by atoms with Gasteiger partial charge in [-0.3, -0.25) is 4.79 Å². The summed E-state index contributed by atoms with van der Waals surface area (Å²) in [5.74, 6) is -0.0639. The Morgan fingerprint density at radius 1 is 1.33 bits per heavy atom. The van der Waals surface area contributed by atoms with E-state index in [1.54, 1.807) is 30.5 Å². The van der Waals surface area contributed by atoms with Crippen LogP contribution in [0.4, 0.5) is 11.5 Å². The van der Waals surface area contributed by atoms with Crippen LogP contribution in [0.1, 0.15) is 5.76 Å². The van der Waals surface area contributed by atoms with Gasteiger partial charge in [-0.15, -0.1) is 0 Å². The summed E-state index contributed by atoms with van der Waals surface area (Å²) in [6, 6.07) is 6.70. The number of alkyl halides is 3. The number of nitrogens with two attached hydrogens (primary N) is 1. The smallest absolute Gasteiger partial charge is 0.252 e. The molecule has 5 nitrogen and oxygen atoms in total. The van der Waals surface area contributed by atoms with Crippen molar-refractivity contribution in [3.05, 3.63) is 48.6 Å². The molecule has 8 heteroatoms. The van der Waals surface area contributed by atoms with E-state index in [1.807, 2.05) is 0 Å². The number of carbonyl (C=O) groups excluding carboxylic acids is 1. The minimum absolute atomic E-state index is 0.260. The van der Waals surface area contributed by atoms with E-state index in [9.17, 15) is 4.79 Å². The number of nitrogens with zero attached hydrogens (tertiary/aromatic N) is 1. The quantitative estimate of drug-likeness (QED) is 0.652. The molecule has 3 N–H and O–H groups in total. The zero-order valence-corrected chi connectivity index (χ0v) is 12.8. The van der Waals surface area contributed by atoms with Crippen LogP contribution in [0.15, 0.2) is 47.2 Å². The summed E-state index contributed by atoms with van der Waals surface area (Å²) in [7, 11) is 0. The van der Waals surface area contributed by atoms with Crippen molar-refractivity contribution in [2.24, 2.45) is 0 Å². The van der Waals surface area contributed by atoms with E-state index in [-0.39, 0.29) is 5.82 Å². The molecule has 2 heterocycles. The van der Waals surface area contributed by atoms with E-state index in [0.717, 1.165) is 6.08 Å². The standard InChI is InChI=1S/C13H10Cl3N3O2/c14-13(15,16)11(20)7-9(10-4-2-6-21-10)19-8-3-1-5-18-12(8)17/h1-7,19H,(H2,17,18)/b9-7+. The van der Waals surface area contributed by atoms with Crippen LogP contribution in [0, 0.1) is 0 Å². The lowest BCUT2D eigenvalue weighted by Crippen LogP contribution is -2.17. The SMILES string of the molecule is Nc1ncccc1N/C(=C/C(=O)C(Cl)(Cl)Cl)c1ccco1. The molecule has 0 saturated carbocycles. The third kappa shape index (κ3) is 4.14. The molecule has 110 valence electrons. The molecule has 0 aliphatic rings. The second kappa shape index (κ2) is 6.39. The van der Waals surface area contributed by atoms with Gasteiger partial charge in [0.2, 0.25) is 5.78 Å². The average Bonchev–Trinajstić information content (AvgIpc) is 2.93. The topological polar surface area (TPSA) is 81.1 Å². The van der Waals surface area contributed by atoms with Crippen molar-refractivity contribution in [2.75, 3.05) is 11.1 Å². The zero-order chi connectivity index (χ0) is 15.5. The molecule has 2 rings (SSSR count). The first-order chi connectivity index (χ1) is 9.88. The minimum Gasteiger partial charge on any atom is -0.463 e. The third-order valence-corrected chi connectivity index (χ3v) is 3.01. The number of ketones is 1. The van der Waals surface area contributed by atoms with Gasteiger partial charge in [0.05, 0.1) is 17.6 Å². The van der Waals surface area contributed by atoms with Crippen LogP contribution in [0.3, 0.4) is 0 Å². The van der Waals surface area contributed by atoms with Gasteiger partial charge in [-0.2, -0.15) is 0 Å². The van der Waals surface area contributed by atoms with Gasteiger partial charge < -0.3 is 15.5 Å². The van der Waals surface area contributed by atoms with Gasteiger partial charge in [0, 0.05) is 12.3 Å². The minimum atomic E-state index is -2.06. The number of allylic oxidation sites excluding steroid dienone is 1. The van der Waals surface area contributed by atoms with E-state index in [2.05, 4.69) is 10.3 Å². The molecule has 0 amide bonds. The maximum absolute atomic E-state index is 11.8. The normalized spacial score (nSPS) is 12.2. The molecule has 2 aromatic heterocycles. The predicted octanol–water partition coefficient (Wildman–Crippen LogP) is 3.65. The lowest BCUT2D eigenvalue weighted by Gasteiger charge is -2.12. The molecular formula is C13H10Cl3N3O2. The molecule has 0 aliphatic heterocycles. The third-order valence-electron chi connectivity index (χ3n) is 2.45. The van der Waals surface area contributed by atoms with Crippen LogP contribution >= 0.6 is 34.8 Å². The Hall–Kier alpha value is -1.69. The summed E-state index contributed by atoms with van der Waals surface area (Å²) in [6.45, 7) is 0. The van der Waals surface area contributed by atoms with Crippen LogP contribution in [0.5, 0.6) is 0 Å². The van der Waals surface area contributed by atoms with E-state index in [1.165, 1.54) is 6.26 Å². The molecule has 0 spiro atoms. The van der Waals surface area contributed by atoms with Crippen LogP contribution < -0.4 is 11.1 Å². The maximum Gasteiger partial charge on any atom is 0.252 e. The van der Waals surface area contributed by atoms with Crippen LogP contribution in [0.2, 0.25) is 0 Å². The monoisotopic (exact) mass is 345 g/mol. The Labute approximate surface area is 135 Å². The van der Waals surface area contributed by atoms with Crippen molar-refractivity contribution in [2.45, 2.75) is 3.79 Å². The fourth-order valence-electron chi connectivity index (χ4n) is 1.48. The van der Waals surface area contributed by atoms with Gasteiger partial charge in [-0.25, -0.2) is 4.98 Å². The Bertz CT molecular complexity index is 664. The highest BCUT2D eigenvalue weighted by Gasteiger charge is 2.29. The van der Waals surface area contributed by atoms with Gasteiger partial charge in [-0.1, -0.05) is 34.8 Å². The molecule has 0 aliphatic carbocycles. The van der Waals surface area contributed by atoms with Gasteiger partial charge in [0.1, 0.15) is 11.6 Å². The average molecular weight is 347 g/mol. The number of hydrogen-bond acceptors (Lipinski definition) is 5. The Morgan fingerprint density at radius 2 is 2.10 bits per heavy atom. The number of halogens is 3. The number of hydrogen-bond donors (Lipinski definition) is 2. The summed E-state index contributed by atoms with van der Waals surface area (Å²) in [6.07, 6.45) is 4.14. The summed E-state index contributed by atoms with van der Waals surface area (Å²) < 4.78 is 3.19. The van der Waals surface area contributed by atoms with E-state index in [0.29, 0.717) is 17.1 Å². The van der Waals surface area contributed by atoms with Gasteiger partial charge in [0.15, 0.2) is 0 Å². The number of anilines is 2. The summed E-state index contributed by atoms with van der Waals surface area (Å²) in [4.78, 5) is 15.8. The highest BCUT2D eigenvalue weighted by atomic mass is 35.6. The summed E-state index contributed by atoms with van der Waals surface area (Å²) in [5.41, 5.74) is 6.54. The maximum atomic E-state index is 11.8. The number of carbonyl (C=O) groups is 1. The second-order valence-electron chi connectivity index (χ2n) is 3.96. The molecule has 0 aromatic carbocycles. The van der Waals surface area contributed by atoms with Gasteiger partial charge in [-0.05, 0) is 24.3 Å². The molecule has 0 fully saturated rings. The second-order valence-corrected chi connectivity index (χ2v) is 6.24. The number of nitrogens with one attached hydrogen (secondary N) is 1. The fourth-order valence-corrected chi connectivity index (χ4v) is 1.65. The molecule has 0 atom stereocenters. The Kier molecular flexibility index (Phi) is 4.77. The number of rotatable bonds is 4. The molecule has 0 unspecified atom stereocenters. The molecular weight excluding hydrogens is 337 g/mol. The highest BCUT2D eigenvalue weighted by Crippen LogP contribution is 2.30. The number of pyridine rings is 1. The first-order valence-electron chi connectivity index (χ1n) is 5.72.